The molecule has 17 heavy (non-hydrogen) atoms. The molecule has 102 valence electrons. The molecular formula is C14H30N2O. The molecular weight excluding hydrogens is 212 g/mol. The molecule has 1 N–H and O–H groups in total. The zero-order valence-corrected chi connectivity index (χ0v) is 12.3. The van der Waals surface area contributed by atoms with Crippen molar-refractivity contribution >= 4 is 0 Å². The molecule has 0 aliphatic carbocycles. The largest absolute Gasteiger partial charge is 0.378 e. The molecule has 1 fully saturated rings. The molecule has 3 nitrogen and oxygen atoms in total. The van der Waals surface area contributed by atoms with E-state index in [0.717, 1.165) is 26.3 Å². The Hall–Kier alpha value is -0.120. The summed E-state index contributed by atoms with van der Waals surface area (Å²) >= 11 is 0. The van der Waals surface area contributed by atoms with Crippen molar-refractivity contribution < 1.29 is 4.74 Å². The molecule has 1 aliphatic heterocycles. The van der Waals surface area contributed by atoms with Gasteiger partial charge in [0.05, 0.1) is 13.2 Å². The van der Waals surface area contributed by atoms with Gasteiger partial charge < -0.3 is 10.1 Å². The number of nitrogens with one attached hydrogen (secondary N) is 1. The van der Waals surface area contributed by atoms with Crippen LogP contribution in [0.2, 0.25) is 0 Å². The minimum atomic E-state index is 0.218. The average molecular weight is 242 g/mol. The molecule has 0 aromatic carbocycles. The monoisotopic (exact) mass is 242 g/mol. The topological polar surface area (TPSA) is 24.5 Å². The van der Waals surface area contributed by atoms with Crippen LogP contribution < -0.4 is 5.32 Å². The van der Waals surface area contributed by atoms with Gasteiger partial charge in [-0.2, -0.15) is 0 Å². The van der Waals surface area contributed by atoms with Gasteiger partial charge in [-0.05, 0) is 60.5 Å². The maximum absolute atomic E-state index is 5.53. The lowest BCUT2D eigenvalue weighted by atomic mass is 10.0. The number of ether oxygens (including phenoxy) is 1. The van der Waals surface area contributed by atoms with Gasteiger partial charge >= 0.3 is 0 Å². The summed E-state index contributed by atoms with van der Waals surface area (Å²) in [5.74, 6) is 0. The molecule has 0 aromatic heterocycles. The molecule has 1 rings (SSSR count). The Balaban J connectivity index is 2.13. The normalized spacial score (nSPS) is 21.7. The highest BCUT2D eigenvalue weighted by Crippen LogP contribution is 2.19. The summed E-state index contributed by atoms with van der Waals surface area (Å²) in [5, 5.41) is 3.54. The zero-order valence-electron chi connectivity index (χ0n) is 12.3. The van der Waals surface area contributed by atoms with Crippen molar-refractivity contribution in [3.05, 3.63) is 0 Å². The Kier molecular flexibility index (Phi) is 5.42. The van der Waals surface area contributed by atoms with E-state index >= 15 is 0 Å². The summed E-state index contributed by atoms with van der Waals surface area (Å²) in [5.41, 5.74) is 0.466. The van der Waals surface area contributed by atoms with Crippen molar-refractivity contribution in [1.82, 2.24) is 10.2 Å². The number of hydrogen-bond donors (Lipinski definition) is 1. The number of unbranched alkanes of at least 4 members (excludes halogenated alkanes) is 1. The molecule has 0 unspecified atom stereocenters. The highest BCUT2D eigenvalue weighted by molar-refractivity contribution is 4.84. The van der Waals surface area contributed by atoms with Crippen molar-refractivity contribution in [2.45, 2.75) is 58.5 Å². The van der Waals surface area contributed by atoms with Crippen LogP contribution in [0.3, 0.4) is 0 Å². The van der Waals surface area contributed by atoms with E-state index in [1.165, 1.54) is 19.4 Å². The third-order valence-electron chi connectivity index (χ3n) is 3.33. The van der Waals surface area contributed by atoms with Gasteiger partial charge in [-0.1, -0.05) is 0 Å². The Morgan fingerprint density at radius 3 is 2.53 bits per heavy atom. The van der Waals surface area contributed by atoms with Gasteiger partial charge in [0, 0.05) is 17.6 Å². The van der Waals surface area contributed by atoms with Gasteiger partial charge in [-0.25, -0.2) is 0 Å². The lowest BCUT2D eigenvalue weighted by Gasteiger charge is -2.42. The maximum atomic E-state index is 5.53. The first kappa shape index (κ1) is 14.9. The van der Waals surface area contributed by atoms with Gasteiger partial charge in [0.25, 0.3) is 0 Å². The first-order valence-electron chi connectivity index (χ1n) is 6.89. The predicted octanol–water partition coefficient (Wildman–Crippen LogP) is 2.27. The molecule has 1 heterocycles. The number of morpholine rings is 1. The molecule has 0 bridgehead atoms. The molecule has 0 aromatic rings. The Morgan fingerprint density at radius 2 is 1.94 bits per heavy atom. The van der Waals surface area contributed by atoms with E-state index in [4.69, 9.17) is 4.74 Å². The van der Waals surface area contributed by atoms with Crippen molar-refractivity contribution in [1.29, 1.82) is 0 Å². The summed E-state index contributed by atoms with van der Waals surface area (Å²) in [4.78, 5) is 2.56. The van der Waals surface area contributed by atoms with E-state index in [1.807, 2.05) is 0 Å². The second-order valence-electron chi connectivity index (χ2n) is 6.74. The fourth-order valence-electron chi connectivity index (χ4n) is 2.20. The van der Waals surface area contributed by atoms with Crippen molar-refractivity contribution in [2.24, 2.45) is 0 Å². The van der Waals surface area contributed by atoms with E-state index in [2.05, 4.69) is 44.8 Å². The molecule has 0 radical (unpaired) electrons. The van der Waals surface area contributed by atoms with E-state index in [9.17, 15) is 0 Å². The maximum Gasteiger partial charge on any atom is 0.0645 e. The van der Waals surface area contributed by atoms with Crippen LogP contribution in [0.25, 0.3) is 0 Å². The fourth-order valence-corrected chi connectivity index (χ4v) is 2.20. The highest BCUT2D eigenvalue weighted by atomic mass is 16.5. The van der Waals surface area contributed by atoms with Crippen LogP contribution >= 0.6 is 0 Å². The lowest BCUT2D eigenvalue weighted by molar-refractivity contribution is -0.0513. The summed E-state index contributed by atoms with van der Waals surface area (Å²) in [6.07, 6.45) is 2.53. The first-order chi connectivity index (χ1) is 7.81. The average Bonchev–Trinajstić information content (AvgIpc) is 2.17. The van der Waals surface area contributed by atoms with Crippen LogP contribution in [0.15, 0.2) is 0 Å². The third kappa shape index (κ3) is 5.84. The van der Waals surface area contributed by atoms with Gasteiger partial charge in [0.2, 0.25) is 0 Å². The minimum absolute atomic E-state index is 0.218. The Labute approximate surface area is 107 Å². The van der Waals surface area contributed by atoms with E-state index in [1.54, 1.807) is 0 Å². The Morgan fingerprint density at radius 1 is 1.24 bits per heavy atom. The second kappa shape index (κ2) is 6.17. The van der Waals surface area contributed by atoms with Crippen LogP contribution in [-0.4, -0.2) is 48.8 Å². The molecule has 1 saturated heterocycles. The van der Waals surface area contributed by atoms with Gasteiger partial charge in [0.15, 0.2) is 0 Å². The van der Waals surface area contributed by atoms with E-state index < -0.39 is 0 Å². The van der Waals surface area contributed by atoms with Crippen LogP contribution in [-0.2, 0) is 4.74 Å². The Bertz CT molecular complexity index is 221. The summed E-state index contributed by atoms with van der Waals surface area (Å²) in [7, 11) is 0. The summed E-state index contributed by atoms with van der Waals surface area (Å²) in [6, 6.07) is 0. The standard InChI is InChI=1S/C14H30N2O/c1-13(2,3)15-8-6-7-9-16-10-11-17-12-14(16,4)5/h15H,6-12H2,1-5H3. The predicted molar refractivity (Wildman–Crippen MR) is 73.5 cm³/mol. The molecule has 0 atom stereocenters. The fraction of sp³-hybridized carbons (Fsp3) is 1.00. The van der Waals surface area contributed by atoms with Crippen molar-refractivity contribution in [3.8, 4) is 0 Å². The van der Waals surface area contributed by atoms with Gasteiger partial charge in [-0.3, -0.25) is 4.90 Å². The van der Waals surface area contributed by atoms with Crippen molar-refractivity contribution in [2.75, 3.05) is 32.8 Å². The van der Waals surface area contributed by atoms with Gasteiger partial charge in [-0.15, -0.1) is 0 Å². The van der Waals surface area contributed by atoms with Crippen LogP contribution in [0.5, 0.6) is 0 Å². The van der Waals surface area contributed by atoms with Gasteiger partial charge in [0.1, 0.15) is 0 Å². The summed E-state index contributed by atoms with van der Waals surface area (Å²) < 4.78 is 5.53. The second-order valence-corrected chi connectivity index (χ2v) is 6.74. The molecule has 3 heteroatoms. The van der Waals surface area contributed by atoms with Crippen LogP contribution in [0.1, 0.15) is 47.5 Å². The third-order valence-corrected chi connectivity index (χ3v) is 3.33. The van der Waals surface area contributed by atoms with Crippen LogP contribution in [0, 0.1) is 0 Å². The highest BCUT2D eigenvalue weighted by Gasteiger charge is 2.29. The quantitative estimate of drug-likeness (QED) is 0.749. The minimum Gasteiger partial charge on any atom is -0.378 e. The molecule has 0 saturated carbocycles. The molecule has 0 amide bonds. The number of nitrogens with zero attached hydrogens (tertiary/aromatic N) is 1. The number of hydrogen-bond acceptors (Lipinski definition) is 3. The SMILES string of the molecule is CC(C)(C)NCCCCN1CCOCC1(C)C. The molecule has 0 spiro atoms. The molecule has 1 aliphatic rings. The number of rotatable bonds is 5. The summed E-state index contributed by atoms with van der Waals surface area (Å²) in [6.45, 7) is 16.4. The lowest BCUT2D eigenvalue weighted by Crippen LogP contribution is -2.53. The van der Waals surface area contributed by atoms with E-state index in [0.29, 0.717) is 0 Å². The van der Waals surface area contributed by atoms with E-state index in [-0.39, 0.29) is 11.1 Å². The zero-order chi connectivity index (χ0) is 12.9. The van der Waals surface area contributed by atoms with Crippen LogP contribution in [0.4, 0.5) is 0 Å². The first-order valence-corrected chi connectivity index (χ1v) is 6.89. The van der Waals surface area contributed by atoms with Crippen molar-refractivity contribution in [3.63, 3.8) is 0 Å². The smallest absolute Gasteiger partial charge is 0.0645 e.